The van der Waals surface area contributed by atoms with Gasteiger partial charge in [-0.2, -0.15) is 0 Å². The highest BCUT2D eigenvalue weighted by molar-refractivity contribution is 7.71. The molecule has 2 saturated heterocycles. The summed E-state index contributed by atoms with van der Waals surface area (Å²) in [4.78, 5) is 19.1. The van der Waals surface area contributed by atoms with Crippen molar-refractivity contribution in [1.82, 2.24) is 29.0 Å². The zero-order valence-corrected chi connectivity index (χ0v) is 17.2. The van der Waals surface area contributed by atoms with E-state index in [1.807, 2.05) is 33.3 Å². The zero-order valence-electron chi connectivity index (χ0n) is 16.4. The molecule has 152 valence electrons. The molecule has 0 aliphatic carbocycles. The lowest BCUT2D eigenvalue weighted by atomic mass is 10.1. The summed E-state index contributed by atoms with van der Waals surface area (Å²) in [6, 6.07) is 3.74. The molecule has 0 spiro atoms. The van der Waals surface area contributed by atoms with E-state index in [0.717, 1.165) is 57.9 Å². The minimum Gasteiger partial charge on any atom is -0.461 e. The van der Waals surface area contributed by atoms with Crippen molar-refractivity contribution in [2.24, 2.45) is 7.05 Å². The summed E-state index contributed by atoms with van der Waals surface area (Å²) >= 11 is 5.54. The van der Waals surface area contributed by atoms with Gasteiger partial charge in [-0.1, -0.05) is 0 Å². The third kappa shape index (κ3) is 4.21. The van der Waals surface area contributed by atoms with Crippen molar-refractivity contribution in [3.8, 4) is 11.6 Å². The number of furan rings is 1. The van der Waals surface area contributed by atoms with Crippen molar-refractivity contribution in [2.45, 2.75) is 25.9 Å². The van der Waals surface area contributed by atoms with E-state index in [9.17, 15) is 4.79 Å². The molecule has 8 nitrogen and oxygen atoms in total. The van der Waals surface area contributed by atoms with Crippen LogP contribution in [0.2, 0.25) is 0 Å². The first-order chi connectivity index (χ1) is 13.6. The molecule has 4 heterocycles. The van der Waals surface area contributed by atoms with Gasteiger partial charge in [0.2, 0.25) is 5.91 Å². The molecule has 0 atom stereocenters. The minimum absolute atomic E-state index is 0.281. The smallest absolute Gasteiger partial charge is 0.236 e. The van der Waals surface area contributed by atoms with Crippen LogP contribution >= 0.6 is 12.2 Å². The monoisotopic (exact) mass is 404 g/mol. The Kier molecular flexibility index (Phi) is 5.93. The number of carbonyl (C=O) groups is 1. The summed E-state index contributed by atoms with van der Waals surface area (Å²) < 4.78 is 9.86. The Bertz CT molecular complexity index is 844. The van der Waals surface area contributed by atoms with Crippen LogP contribution < -0.4 is 0 Å². The Labute approximate surface area is 170 Å². The summed E-state index contributed by atoms with van der Waals surface area (Å²) in [7, 11) is 1.91. The van der Waals surface area contributed by atoms with Crippen LogP contribution in [0.4, 0.5) is 0 Å². The van der Waals surface area contributed by atoms with Crippen LogP contribution in [-0.2, 0) is 18.5 Å². The predicted molar refractivity (Wildman–Crippen MR) is 108 cm³/mol. The lowest BCUT2D eigenvalue weighted by Crippen LogP contribution is -2.50. The first-order valence-electron chi connectivity index (χ1n) is 10.0. The van der Waals surface area contributed by atoms with E-state index in [1.165, 1.54) is 6.42 Å². The molecule has 0 aromatic carbocycles. The summed E-state index contributed by atoms with van der Waals surface area (Å²) in [5.41, 5.74) is 0. The molecule has 2 aliphatic rings. The molecular weight excluding hydrogens is 376 g/mol. The maximum atomic E-state index is 12.5. The summed E-state index contributed by atoms with van der Waals surface area (Å²) in [6.45, 7) is 6.64. The van der Waals surface area contributed by atoms with Gasteiger partial charge in [0.25, 0.3) is 0 Å². The molecule has 2 aliphatic heterocycles. The number of likely N-dealkylation sites (tertiary alicyclic amines) is 1. The average molecular weight is 405 g/mol. The molecule has 0 radical (unpaired) electrons. The van der Waals surface area contributed by atoms with Gasteiger partial charge in [0.15, 0.2) is 16.4 Å². The standard InChI is InChI=1S/C19H28N6O2S/c1-21-18(16-6-5-13-27-16)20-25(19(21)28)15-23-11-9-22(10-12-23)14-17(26)24-7-3-2-4-8-24/h5-6,13H,2-4,7-12,14-15H2,1H3. The second kappa shape index (κ2) is 8.59. The lowest BCUT2D eigenvalue weighted by Gasteiger charge is -2.35. The van der Waals surface area contributed by atoms with Crippen LogP contribution in [0.1, 0.15) is 19.3 Å². The van der Waals surface area contributed by atoms with Gasteiger partial charge in [-0.15, -0.1) is 5.10 Å². The molecular formula is C19H28N6O2S. The second-order valence-corrected chi connectivity index (χ2v) is 7.98. The molecule has 0 saturated carbocycles. The first kappa shape index (κ1) is 19.4. The highest BCUT2D eigenvalue weighted by atomic mass is 32.1. The molecule has 4 rings (SSSR count). The number of hydrogen-bond donors (Lipinski definition) is 0. The molecule has 28 heavy (non-hydrogen) atoms. The Hall–Kier alpha value is -1.97. The second-order valence-electron chi connectivity index (χ2n) is 7.62. The number of nitrogens with zero attached hydrogens (tertiary/aromatic N) is 6. The van der Waals surface area contributed by atoms with Gasteiger partial charge in [-0.25, -0.2) is 4.68 Å². The number of piperidine rings is 1. The molecule has 2 aromatic rings. The summed E-state index contributed by atoms with van der Waals surface area (Å²) in [5.74, 6) is 1.73. The van der Waals surface area contributed by atoms with E-state index in [0.29, 0.717) is 23.7 Å². The van der Waals surface area contributed by atoms with E-state index in [-0.39, 0.29) is 5.91 Å². The first-order valence-corrected chi connectivity index (χ1v) is 10.4. The van der Waals surface area contributed by atoms with E-state index in [1.54, 1.807) is 6.26 Å². The Morgan fingerprint density at radius 3 is 2.50 bits per heavy atom. The predicted octanol–water partition coefficient (Wildman–Crippen LogP) is 1.80. The minimum atomic E-state index is 0.281. The van der Waals surface area contributed by atoms with Crippen LogP contribution in [0.15, 0.2) is 22.8 Å². The highest BCUT2D eigenvalue weighted by Gasteiger charge is 2.23. The molecule has 0 bridgehead atoms. The lowest BCUT2D eigenvalue weighted by molar-refractivity contribution is -0.133. The van der Waals surface area contributed by atoms with E-state index >= 15 is 0 Å². The quantitative estimate of drug-likeness (QED) is 0.708. The zero-order chi connectivity index (χ0) is 19.5. The fourth-order valence-electron chi connectivity index (χ4n) is 3.91. The van der Waals surface area contributed by atoms with Crippen molar-refractivity contribution in [2.75, 3.05) is 45.8 Å². The fourth-order valence-corrected chi connectivity index (χ4v) is 4.10. The molecule has 0 unspecified atom stereocenters. The van der Waals surface area contributed by atoms with Crippen molar-refractivity contribution in [3.05, 3.63) is 23.2 Å². The van der Waals surface area contributed by atoms with Crippen molar-refractivity contribution in [1.29, 1.82) is 0 Å². The van der Waals surface area contributed by atoms with E-state index < -0.39 is 0 Å². The van der Waals surface area contributed by atoms with Gasteiger partial charge in [0, 0.05) is 46.3 Å². The Morgan fingerprint density at radius 1 is 1.11 bits per heavy atom. The average Bonchev–Trinajstić information content (AvgIpc) is 3.34. The number of aromatic nitrogens is 3. The van der Waals surface area contributed by atoms with Gasteiger partial charge < -0.3 is 13.9 Å². The highest BCUT2D eigenvalue weighted by Crippen LogP contribution is 2.18. The van der Waals surface area contributed by atoms with Crippen LogP contribution in [0.5, 0.6) is 0 Å². The third-order valence-electron chi connectivity index (χ3n) is 5.65. The molecule has 1 amide bonds. The van der Waals surface area contributed by atoms with Gasteiger partial charge >= 0.3 is 0 Å². The number of rotatable bonds is 5. The maximum absolute atomic E-state index is 12.5. The molecule has 2 fully saturated rings. The van der Waals surface area contributed by atoms with Crippen LogP contribution in [0.25, 0.3) is 11.6 Å². The van der Waals surface area contributed by atoms with Crippen molar-refractivity contribution < 1.29 is 9.21 Å². The fraction of sp³-hybridized carbons (Fsp3) is 0.632. The largest absolute Gasteiger partial charge is 0.461 e. The van der Waals surface area contributed by atoms with Gasteiger partial charge in [-0.3, -0.25) is 14.6 Å². The van der Waals surface area contributed by atoms with Gasteiger partial charge in [0.05, 0.1) is 19.5 Å². The summed E-state index contributed by atoms with van der Waals surface area (Å²) in [5, 5.41) is 4.64. The molecule has 9 heteroatoms. The summed E-state index contributed by atoms with van der Waals surface area (Å²) in [6.07, 6.45) is 5.18. The normalized spacial score (nSPS) is 19.2. The number of carbonyl (C=O) groups excluding carboxylic acids is 1. The Morgan fingerprint density at radius 2 is 1.82 bits per heavy atom. The third-order valence-corrected chi connectivity index (χ3v) is 6.13. The Balaban J connectivity index is 1.31. The van der Waals surface area contributed by atoms with Gasteiger partial charge in [-0.05, 0) is 43.6 Å². The number of hydrogen-bond acceptors (Lipinski definition) is 6. The maximum Gasteiger partial charge on any atom is 0.236 e. The van der Waals surface area contributed by atoms with E-state index in [4.69, 9.17) is 16.6 Å². The van der Waals surface area contributed by atoms with Crippen LogP contribution in [0.3, 0.4) is 0 Å². The van der Waals surface area contributed by atoms with Crippen molar-refractivity contribution >= 4 is 18.1 Å². The van der Waals surface area contributed by atoms with Crippen LogP contribution in [0, 0.1) is 4.77 Å². The molecule has 2 aromatic heterocycles. The van der Waals surface area contributed by atoms with E-state index in [2.05, 4.69) is 14.9 Å². The van der Waals surface area contributed by atoms with Gasteiger partial charge in [0.1, 0.15) is 0 Å². The molecule has 0 N–H and O–H groups in total. The number of amides is 1. The topological polar surface area (TPSA) is 62.7 Å². The van der Waals surface area contributed by atoms with Crippen LogP contribution in [-0.4, -0.2) is 80.8 Å². The van der Waals surface area contributed by atoms with Crippen molar-refractivity contribution in [3.63, 3.8) is 0 Å². The SMILES string of the molecule is Cn1c(-c2ccco2)nn(CN2CCN(CC(=O)N3CCCCC3)CC2)c1=S. The number of piperazine rings is 1.